The van der Waals surface area contributed by atoms with Gasteiger partial charge in [0, 0.05) is 48.3 Å². The van der Waals surface area contributed by atoms with Crippen molar-refractivity contribution < 1.29 is 13.9 Å². The number of piperazine rings is 1. The van der Waals surface area contributed by atoms with Crippen molar-refractivity contribution in [2.24, 2.45) is 0 Å². The maximum atomic E-state index is 13.3. The zero-order chi connectivity index (χ0) is 22.5. The molecule has 4 nitrogen and oxygen atoms in total. The average molecular weight is 473 g/mol. The summed E-state index contributed by atoms with van der Waals surface area (Å²) in [6, 6.07) is 19.2. The van der Waals surface area contributed by atoms with Gasteiger partial charge in [-0.2, -0.15) is 0 Å². The van der Waals surface area contributed by atoms with Crippen molar-refractivity contribution in [1.29, 1.82) is 0 Å². The van der Waals surface area contributed by atoms with Gasteiger partial charge in [0.2, 0.25) is 0 Å². The third kappa shape index (κ3) is 5.80. The zero-order valence-electron chi connectivity index (χ0n) is 17.4. The van der Waals surface area contributed by atoms with E-state index in [1.165, 1.54) is 12.1 Å². The number of carbonyl (C=O) groups excluding carboxylic acids is 1. The highest BCUT2D eigenvalue weighted by Gasteiger charge is 2.23. The number of hydrogen-bond donors (Lipinski definition) is 0. The number of hydrogen-bond acceptors (Lipinski definition) is 3. The first-order valence-corrected chi connectivity index (χ1v) is 11.2. The minimum Gasteiger partial charge on any atom is -0.489 e. The third-order valence-electron chi connectivity index (χ3n) is 5.46. The lowest BCUT2D eigenvalue weighted by atomic mass is 10.1. The Morgan fingerprint density at radius 1 is 0.938 bits per heavy atom. The van der Waals surface area contributed by atoms with Crippen LogP contribution in [0.5, 0.6) is 5.75 Å². The molecule has 0 bridgehead atoms. The van der Waals surface area contributed by atoms with E-state index in [1.807, 2.05) is 41.3 Å². The Labute approximate surface area is 197 Å². The normalized spacial score (nSPS) is 14.4. The fourth-order valence-corrected chi connectivity index (χ4v) is 4.03. The van der Waals surface area contributed by atoms with Crippen LogP contribution in [0.2, 0.25) is 10.0 Å². The molecule has 4 rings (SSSR count). The summed E-state index contributed by atoms with van der Waals surface area (Å²) < 4.78 is 19.0. The molecule has 0 saturated carbocycles. The second kappa shape index (κ2) is 10.3. The largest absolute Gasteiger partial charge is 0.489 e. The Kier molecular flexibility index (Phi) is 7.30. The molecular weight excluding hydrogens is 450 g/mol. The van der Waals surface area contributed by atoms with Gasteiger partial charge in [0.25, 0.3) is 5.91 Å². The van der Waals surface area contributed by atoms with E-state index >= 15 is 0 Å². The van der Waals surface area contributed by atoms with Crippen LogP contribution < -0.4 is 4.74 Å². The van der Waals surface area contributed by atoms with Crippen molar-refractivity contribution in [3.63, 3.8) is 0 Å². The number of rotatable bonds is 6. The van der Waals surface area contributed by atoms with Crippen LogP contribution in [0.3, 0.4) is 0 Å². The van der Waals surface area contributed by atoms with Crippen LogP contribution >= 0.6 is 23.2 Å². The van der Waals surface area contributed by atoms with E-state index in [0.717, 1.165) is 30.0 Å². The smallest absolute Gasteiger partial charge is 0.253 e. The van der Waals surface area contributed by atoms with Crippen LogP contribution in [-0.4, -0.2) is 41.9 Å². The standard InChI is InChI=1S/C25H23Cl2FN2O2/c26-21-5-8-23(9-6-21)32-17-18-2-1-3-19(14-18)25(31)30-12-10-29(11-13-30)16-20-4-7-22(28)15-24(20)27/h1-9,14-15H,10-13,16-17H2. The summed E-state index contributed by atoms with van der Waals surface area (Å²) in [6.07, 6.45) is 0. The van der Waals surface area contributed by atoms with Crippen molar-refractivity contribution in [2.75, 3.05) is 26.2 Å². The van der Waals surface area contributed by atoms with E-state index in [2.05, 4.69) is 4.90 Å². The summed E-state index contributed by atoms with van der Waals surface area (Å²) in [5.74, 6) is 0.399. The fourth-order valence-electron chi connectivity index (χ4n) is 3.67. The molecule has 0 unspecified atom stereocenters. The molecule has 1 heterocycles. The van der Waals surface area contributed by atoms with Crippen molar-refractivity contribution in [2.45, 2.75) is 13.2 Å². The molecule has 1 fully saturated rings. The van der Waals surface area contributed by atoms with Crippen LogP contribution in [-0.2, 0) is 13.2 Å². The van der Waals surface area contributed by atoms with Gasteiger partial charge in [-0.25, -0.2) is 4.39 Å². The maximum Gasteiger partial charge on any atom is 0.253 e. The van der Waals surface area contributed by atoms with E-state index in [-0.39, 0.29) is 11.7 Å². The van der Waals surface area contributed by atoms with Gasteiger partial charge >= 0.3 is 0 Å². The lowest BCUT2D eigenvalue weighted by Crippen LogP contribution is -2.48. The molecule has 3 aromatic rings. The number of ether oxygens (including phenoxy) is 1. The SMILES string of the molecule is O=C(c1cccc(COc2ccc(Cl)cc2)c1)N1CCN(Cc2ccc(F)cc2Cl)CC1. The minimum atomic E-state index is -0.338. The number of nitrogens with zero attached hydrogens (tertiary/aromatic N) is 2. The van der Waals surface area contributed by atoms with Crippen molar-refractivity contribution >= 4 is 29.1 Å². The van der Waals surface area contributed by atoms with Crippen LogP contribution in [0, 0.1) is 5.82 Å². The van der Waals surface area contributed by atoms with Gasteiger partial charge in [-0.1, -0.05) is 41.4 Å². The second-order valence-electron chi connectivity index (χ2n) is 7.75. The lowest BCUT2D eigenvalue weighted by molar-refractivity contribution is 0.0628. The third-order valence-corrected chi connectivity index (χ3v) is 6.07. The van der Waals surface area contributed by atoms with Crippen LogP contribution in [0.25, 0.3) is 0 Å². The van der Waals surface area contributed by atoms with Crippen molar-refractivity contribution in [1.82, 2.24) is 9.80 Å². The average Bonchev–Trinajstić information content (AvgIpc) is 2.81. The predicted octanol–water partition coefficient (Wildman–Crippen LogP) is 5.67. The number of benzene rings is 3. The summed E-state index contributed by atoms with van der Waals surface area (Å²) in [7, 11) is 0. The van der Waals surface area contributed by atoms with E-state index < -0.39 is 0 Å². The first kappa shape index (κ1) is 22.6. The van der Waals surface area contributed by atoms with E-state index in [4.69, 9.17) is 27.9 Å². The molecule has 32 heavy (non-hydrogen) atoms. The van der Waals surface area contributed by atoms with Gasteiger partial charge in [-0.05, 0) is 59.7 Å². The van der Waals surface area contributed by atoms with Gasteiger partial charge in [-0.15, -0.1) is 0 Å². The molecule has 7 heteroatoms. The van der Waals surface area contributed by atoms with Crippen LogP contribution in [0.4, 0.5) is 4.39 Å². The zero-order valence-corrected chi connectivity index (χ0v) is 19.0. The number of carbonyl (C=O) groups is 1. The van der Waals surface area contributed by atoms with Gasteiger partial charge in [0.15, 0.2) is 0 Å². The monoisotopic (exact) mass is 472 g/mol. The Bertz CT molecular complexity index is 1080. The van der Waals surface area contributed by atoms with Crippen molar-refractivity contribution in [3.8, 4) is 5.75 Å². The van der Waals surface area contributed by atoms with Crippen molar-refractivity contribution in [3.05, 3.63) is 99.3 Å². The summed E-state index contributed by atoms with van der Waals surface area (Å²) in [5.41, 5.74) is 2.47. The van der Waals surface area contributed by atoms with Gasteiger partial charge < -0.3 is 9.64 Å². The fraction of sp³-hybridized carbons (Fsp3) is 0.240. The summed E-state index contributed by atoms with van der Waals surface area (Å²) in [6.45, 7) is 3.73. The Morgan fingerprint density at radius 3 is 2.41 bits per heavy atom. The molecule has 0 aromatic heterocycles. The Balaban J connectivity index is 1.31. The molecule has 0 spiro atoms. The lowest BCUT2D eigenvalue weighted by Gasteiger charge is -2.35. The molecule has 0 aliphatic carbocycles. The highest BCUT2D eigenvalue weighted by atomic mass is 35.5. The first-order chi connectivity index (χ1) is 15.5. The number of halogens is 3. The van der Waals surface area contributed by atoms with Gasteiger partial charge in [-0.3, -0.25) is 9.69 Å². The summed E-state index contributed by atoms with van der Waals surface area (Å²) in [5, 5.41) is 1.09. The molecule has 0 atom stereocenters. The van der Waals surface area contributed by atoms with E-state index in [0.29, 0.717) is 41.8 Å². The highest BCUT2D eigenvalue weighted by Crippen LogP contribution is 2.21. The minimum absolute atomic E-state index is 0.0119. The summed E-state index contributed by atoms with van der Waals surface area (Å²) >= 11 is 12.0. The molecular formula is C25H23Cl2FN2O2. The van der Waals surface area contributed by atoms with E-state index in [1.54, 1.807) is 18.2 Å². The highest BCUT2D eigenvalue weighted by molar-refractivity contribution is 6.31. The van der Waals surface area contributed by atoms with Crippen LogP contribution in [0.1, 0.15) is 21.5 Å². The van der Waals surface area contributed by atoms with Gasteiger partial charge in [0.05, 0.1) is 0 Å². The molecule has 1 aliphatic heterocycles. The Morgan fingerprint density at radius 2 is 1.69 bits per heavy atom. The maximum absolute atomic E-state index is 13.3. The molecule has 1 saturated heterocycles. The predicted molar refractivity (Wildman–Crippen MR) is 125 cm³/mol. The first-order valence-electron chi connectivity index (χ1n) is 10.4. The second-order valence-corrected chi connectivity index (χ2v) is 8.59. The topological polar surface area (TPSA) is 32.8 Å². The number of amides is 1. The molecule has 0 N–H and O–H groups in total. The van der Waals surface area contributed by atoms with E-state index in [9.17, 15) is 9.18 Å². The Hall–Kier alpha value is -2.60. The summed E-state index contributed by atoms with van der Waals surface area (Å²) in [4.78, 5) is 17.1. The van der Waals surface area contributed by atoms with Gasteiger partial charge in [0.1, 0.15) is 18.2 Å². The quantitative estimate of drug-likeness (QED) is 0.463. The molecule has 1 aliphatic rings. The van der Waals surface area contributed by atoms with Crippen LogP contribution in [0.15, 0.2) is 66.7 Å². The molecule has 3 aromatic carbocycles. The molecule has 0 radical (unpaired) electrons. The molecule has 166 valence electrons. The molecule has 1 amide bonds.